The molecule has 1 aliphatic carbocycles. The summed E-state index contributed by atoms with van der Waals surface area (Å²) >= 11 is 6.01. The lowest BCUT2D eigenvalue weighted by Gasteiger charge is -2.19. The van der Waals surface area contributed by atoms with Gasteiger partial charge in [-0.3, -0.25) is 4.79 Å². The van der Waals surface area contributed by atoms with Crippen LogP contribution in [0.3, 0.4) is 0 Å². The molecule has 1 N–H and O–H groups in total. The first-order valence-corrected chi connectivity index (χ1v) is 10.2. The third-order valence-corrected chi connectivity index (χ3v) is 5.78. The number of carbonyl (C=O) groups is 1. The minimum atomic E-state index is 0.0707. The van der Waals surface area contributed by atoms with Crippen LogP contribution in [0.1, 0.15) is 53.5 Å². The molecule has 0 spiro atoms. The van der Waals surface area contributed by atoms with Crippen molar-refractivity contribution >= 4 is 23.2 Å². The monoisotopic (exact) mass is 396 g/mol. The van der Waals surface area contributed by atoms with Gasteiger partial charge < -0.3 is 5.32 Å². The summed E-state index contributed by atoms with van der Waals surface area (Å²) in [6.45, 7) is 6.01. The number of benzene rings is 1. The largest absolute Gasteiger partial charge is 0.349 e. The molecule has 1 fully saturated rings. The smallest absolute Gasteiger partial charge is 0.220 e. The molecule has 0 bridgehead atoms. The normalized spacial score (nSPS) is 15.0. The number of fused-ring (bicyclic) bond motifs is 1. The van der Waals surface area contributed by atoms with Gasteiger partial charge in [0.1, 0.15) is 0 Å². The van der Waals surface area contributed by atoms with E-state index in [0.29, 0.717) is 23.8 Å². The third kappa shape index (κ3) is 3.90. The van der Waals surface area contributed by atoms with Gasteiger partial charge in [0.05, 0.1) is 11.7 Å². The van der Waals surface area contributed by atoms with Gasteiger partial charge in [0.2, 0.25) is 5.91 Å². The Morgan fingerprint density at radius 3 is 2.64 bits per heavy atom. The number of rotatable bonds is 6. The summed E-state index contributed by atoms with van der Waals surface area (Å²) < 4.78 is 1.87. The van der Waals surface area contributed by atoms with Crippen molar-refractivity contribution < 1.29 is 4.79 Å². The first-order chi connectivity index (χ1) is 13.4. The maximum absolute atomic E-state index is 12.7. The molecule has 2 heterocycles. The second-order valence-corrected chi connectivity index (χ2v) is 8.19. The summed E-state index contributed by atoms with van der Waals surface area (Å²) in [5.74, 6) is 0.598. The fraction of sp³-hybridized carbons (Fsp3) is 0.409. The van der Waals surface area contributed by atoms with Crippen molar-refractivity contribution in [3.8, 4) is 0 Å². The molecule has 5 nitrogen and oxygen atoms in total. The Morgan fingerprint density at radius 1 is 1.25 bits per heavy atom. The molecule has 1 atom stereocenters. The van der Waals surface area contributed by atoms with Crippen molar-refractivity contribution in [2.75, 3.05) is 0 Å². The molecule has 4 rings (SSSR count). The zero-order chi connectivity index (χ0) is 19.8. The molecular weight excluding hydrogens is 372 g/mol. The highest BCUT2D eigenvalue weighted by Gasteiger charge is 2.33. The number of aromatic nitrogens is 3. The topological polar surface area (TPSA) is 59.3 Å². The molecule has 0 radical (unpaired) electrons. The molecule has 28 heavy (non-hydrogen) atoms. The fourth-order valence-corrected chi connectivity index (χ4v) is 3.99. The van der Waals surface area contributed by atoms with Crippen molar-refractivity contribution in [3.63, 3.8) is 0 Å². The van der Waals surface area contributed by atoms with Gasteiger partial charge in [-0.1, -0.05) is 23.7 Å². The van der Waals surface area contributed by atoms with E-state index in [1.807, 2.05) is 55.6 Å². The van der Waals surface area contributed by atoms with Crippen molar-refractivity contribution in [2.45, 2.75) is 52.5 Å². The van der Waals surface area contributed by atoms with Crippen molar-refractivity contribution in [3.05, 3.63) is 63.6 Å². The lowest BCUT2D eigenvalue weighted by Crippen LogP contribution is -2.30. The van der Waals surface area contributed by atoms with E-state index in [-0.39, 0.29) is 11.9 Å². The summed E-state index contributed by atoms with van der Waals surface area (Å²) in [7, 11) is 0. The van der Waals surface area contributed by atoms with Crippen LogP contribution < -0.4 is 5.32 Å². The fourth-order valence-electron chi connectivity index (χ4n) is 3.86. The van der Waals surface area contributed by atoms with Gasteiger partial charge in [-0.05, 0) is 69.2 Å². The number of aryl methyl sites for hydroxylation is 3. The second-order valence-electron chi connectivity index (χ2n) is 7.75. The molecular formula is C22H25ClN4O. The highest BCUT2D eigenvalue weighted by atomic mass is 35.5. The maximum atomic E-state index is 12.7. The van der Waals surface area contributed by atoms with E-state index in [4.69, 9.17) is 11.6 Å². The van der Waals surface area contributed by atoms with Crippen LogP contribution in [0.2, 0.25) is 5.02 Å². The maximum Gasteiger partial charge on any atom is 0.220 e. The van der Waals surface area contributed by atoms with Gasteiger partial charge in [-0.25, -0.2) is 9.50 Å². The SMILES string of the molecule is Cc1cc2nc(C)c(CCC(=O)NC(c3ccc(Cl)cc3)C3CC3)c(C)n2n1. The third-order valence-electron chi connectivity index (χ3n) is 5.53. The van der Waals surface area contributed by atoms with Gasteiger partial charge in [0.25, 0.3) is 0 Å². The first-order valence-electron chi connectivity index (χ1n) is 9.79. The lowest BCUT2D eigenvalue weighted by molar-refractivity contribution is -0.122. The molecule has 1 aliphatic rings. The summed E-state index contributed by atoms with van der Waals surface area (Å²) in [5, 5.41) is 8.47. The highest BCUT2D eigenvalue weighted by molar-refractivity contribution is 6.30. The van der Waals surface area contributed by atoms with Crippen LogP contribution in [-0.2, 0) is 11.2 Å². The van der Waals surface area contributed by atoms with Crippen LogP contribution >= 0.6 is 11.6 Å². The van der Waals surface area contributed by atoms with E-state index >= 15 is 0 Å². The number of hydrogen-bond donors (Lipinski definition) is 1. The molecule has 1 amide bonds. The zero-order valence-corrected chi connectivity index (χ0v) is 17.3. The second kappa shape index (κ2) is 7.55. The van der Waals surface area contributed by atoms with Crippen LogP contribution in [0.5, 0.6) is 0 Å². The number of nitrogens with one attached hydrogen (secondary N) is 1. The minimum absolute atomic E-state index is 0.0707. The van der Waals surface area contributed by atoms with Gasteiger partial charge in [0, 0.05) is 28.9 Å². The minimum Gasteiger partial charge on any atom is -0.349 e. The van der Waals surface area contributed by atoms with Crippen molar-refractivity contribution in [1.82, 2.24) is 19.9 Å². The summed E-state index contributed by atoms with van der Waals surface area (Å²) in [6, 6.07) is 9.84. The summed E-state index contributed by atoms with van der Waals surface area (Å²) in [6.07, 6.45) is 3.41. The quantitative estimate of drug-likeness (QED) is 0.666. The Kier molecular flexibility index (Phi) is 5.11. The Morgan fingerprint density at radius 2 is 1.96 bits per heavy atom. The molecule has 1 aromatic carbocycles. The lowest BCUT2D eigenvalue weighted by atomic mass is 10.0. The van der Waals surface area contributed by atoms with E-state index in [2.05, 4.69) is 15.4 Å². The number of carbonyl (C=O) groups excluding carboxylic acids is 1. The number of nitrogens with zero attached hydrogens (tertiary/aromatic N) is 3. The number of amides is 1. The Hall–Kier alpha value is -2.40. The Balaban J connectivity index is 1.46. The summed E-state index contributed by atoms with van der Waals surface area (Å²) in [5.41, 5.74) is 6.05. The molecule has 1 saturated carbocycles. The van der Waals surface area contributed by atoms with E-state index in [0.717, 1.165) is 46.7 Å². The van der Waals surface area contributed by atoms with Gasteiger partial charge >= 0.3 is 0 Å². The van der Waals surface area contributed by atoms with E-state index in [9.17, 15) is 4.79 Å². The van der Waals surface area contributed by atoms with E-state index in [1.54, 1.807) is 0 Å². The predicted molar refractivity (Wildman–Crippen MR) is 111 cm³/mol. The molecule has 6 heteroatoms. The van der Waals surface area contributed by atoms with Crippen molar-refractivity contribution in [1.29, 1.82) is 0 Å². The van der Waals surface area contributed by atoms with Crippen LogP contribution in [0.25, 0.3) is 5.65 Å². The molecule has 0 saturated heterocycles. The van der Waals surface area contributed by atoms with Gasteiger partial charge in [0.15, 0.2) is 5.65 Å². The van der Waals surface area contributed by atoms with E-state index in [1.165, 1.54) is 0 Å². The van der Waals surface area contributed by atoms with Crippen LogP contribution in [0.4, 0.5) is 0 Å². The Bertz CT molecular complexity index is 1020. The standard InChI is InChI=1S/C22H25ClN4O/c1-13-12-20-24-14(2)19(15(3)27(20)26-13)10-11-21(28)25-22(16-4-5-16)17-6-8-18(23)9-7-17/h6-9,12,16,22H,4-5,10-11H2,1-3H3,(H,25,28). The van der Waals surface area contributed by atoms with Gasteiger partial charge in [-0.15, -0.1) is 0 Å². The molecule has 146 valence electrons. The first kappa shape index (κ1) is 18.9. The number of hydrogen-bond acceptors (Lipinski definition) is 3. The predicted octanol–water partition coefficient (Wildman–Crippen LogP) is 4.51. The highest BCUT2D eigenvalue weighted by Crippen LogP contribution is 2.41. The molecule has 2 aromatic heterocycles. The summed E-state index contributed by atoms with van der Waals surface area (Å²) in [4.78, 5) is 17.4. The van der Waals surface area contributed by atoms with E-state index < -0.39 is 0 Å². The van der Waals surface area contributed by atoms with Crippen LogP contribution in [-0.4, -0.2) is 20.5 Å². The number of halogens is 1. The van der Waals surface area contributed by atoms with Crippen LogP contribution in [0.15, 0.2) is 30.3 Å². The van der Waals surface area contributed by atoms with Crippen molar-refractivity contribution in [2.24, 2.45) is 5.92 Å². The molecule has 3 aromatic rings. The average molecular weight is 397 g/mol. The van der Waals surface area contributed by atoms with Gasteiger partial charge in [-0.2, -0.15) is 5.10 Å². The molecule has 0 aliphatic heterocycles. The van der Waals surface area contributed by atoms with Crippen LogP contribution in [0, 0.1) is 26.7 Å². The average Bonchev–Trinajstić information content (AvgIpc) is 3.42. The zero-order valence-electron chi connectivity index (χ0n) is 16.5. The Labute approximate surface area is 170 Å². The molecule has 1 unspecified atom stereocenters.